The van der Waals surface area contributed by atoms with Crippen molar-refractivity contribution in [3.8, 4) is 0 Å². The third kappa shape index (κ3) is 2.73. The Morgan fingerprint density at radius 2 is 1.38 bits per heavy atom. The Hall–Kier alpha value is -2.52. The minimum absolute atomic E-state index is 0.323. The number of hydrogen-bond donors (Lipinski definition) is 1. The highest BCUT2D eigenvalue weighted by atomic mass is 15.0. The van der Waals surface area contributed by atoms with E-state index in [1.165, 1.54) is 32.9 Å². The second-order valence-electron chi connectivity index (χ2n) is 6.98. The number of rotatable bonds is 6. The van der Waals surface area contributed by atoms with Gasteiger partial charge in [0.15, 0.2) is 0 Å². The molecule has 0 saturated carbocycles. The Morgan fingerprint density at radius 3 is 2.04 bits per heavy atom. The number of fused-ring (bicyclic) bond motifs is 2. The molecule has 0 bridgehead atoms. The lowest BCUT2D eigenvalue weighted by Crippen LogP contribution is -2.14. The maximum Gasteiger partial charge on any atom is 0.0483 e. The summed E-state index contributed by atoms with van der Waals surface area (Å²) >= 11 is 0. The highest BCUT2D eigenvalue weighted by Gasteiger charge is 2.19. The zero-order valence-electron chi connectivity index (χ0n) is 15.7. The summed E-state index contributed by atoms with van der Waals surface area (Å²) in [5, 5.41) is 2.69. The Labute approximate surface area is 155 Å². The normalized spacial score (nSPS) is 12.9. The fourth-order valence-electron chi connectivity index (χ4n) is 4.19. The highest BCUT2D eigenvalue weighted by Crippen LogP contribution is 2.32. The molecule has 4 aromatic rings. The first-order valence-electron chi connectivity index (χ1n) is 9.61. The number of nitrogens with two attached hydrogens (primary N) is 1. The van der Waals surface area contributed by atoms with Gasteiger partial charge in [0.2, 0.25) is 0 Å². The molecule has 0 fully saturated rings. The number of hydrogen-bond acceptors (Lipinski definition) is 1. The molecule has 0 amide bonds. The van der Waals surface area contributed by atoms with Crippen molar-refractivity contribution in [2.45, 2.75) is 39.3 Å². The SMILES string of the molecule is CCn1cc(CC(CN)c2cn(CC)c3ccccc23)c2ccccc21. The van der Waals surface area contributed by atoms with E-state index in [0.717, 1.165) is 19.5 Å². The quantitative estimate of drug-likeness (QED) is 0.529. The molecular weight excluding hydrogens is 318 g/mol. The molecule has 4 rings (SSSR count). The van der Waals surface area contributed by atoms with Crippen molar-refractivity contribution in [1.82, 2.24) is 9.13 Å². The monoisotopic (exact) mass is 345 g/mol. The number of aryl methyl sites for hydroxylation is 2. The lowest BCUT2D eigenvalue weighted by Gasteiger charge is -2.14. The Balaban J connectivity index is 1.78. The summed E-state index contributed by atoms with van der Waals surface area (Å²) in [6.07, 6.45) is 5.59. The molecule has 1 unspecified atom stereocenters. The lowest BCUT2D eigenvalue weighted by atomic mass is 9.91. The van der Waals surface area contributed by atoms with Crippen LogP contribution in [0.5, 0.6) is 0 Å². The van der Waals surface area contributed by atoms with Gasteiger partial charge in [-0.2, -0.15) is 0 Å². The van der Waals surface area contributed by atoms with E-state index in [4.69, 9.17) is 5.73 Å². The van der Waals surface area contributed by atoms with Gasteiger partial charge in [-0.3, -0.25) is 0 Å². The molecule has 26 heavy (non-hydrogen) atoms. The summed E-state index contributed by atoms with van der Waals surface area (Å²) in [6.45, 7) is 7.02. The highest BCUT2D eigenvalue weighted by molar-refractivity contribution is 5.86. The van der Waals surface area contributed by atoms with E-state index in [1.807, 2.05) is 0 Å². The maximum absolute atomic E-state index is 6.26. The molecule has 2 aromatic carbocycles. The Morgan fingerprint density at radius 1 is 0.808 bits per heavy atom. The van der Waals surface area contributed by atoms with E-state index in [2.05, 4.69) is 83.9 Å². The topological polar surface area (TPSA) is 35.9 Å². The van der Waals surface area contributed by atoms with E-state index in [1.54, 1.807) is 0 Å². The lowest BCUT2D eigenvalue weighted by molar-refractivity contribution is 0.688. The molecule has 0 aliphatic carbocycles. The summed E-state index contributed by atoms with van der Waals surface area (Å²) in [5.74, 6) is 0.323. The van der Waals surface area contributed by atoms with Crippen LogP contribution in [0.25, 0.3) is 21.8 Å². The van der Waals surface area contributed by atoms with Gasteiger partial charge in [-0.25, -0.2) is 0 Å². The van der Waals surface area contributed by atoms with Crippen LogP contribution in [0.15, 0.2) is 60.9 Å². The third-order valence-electron chi connectivity index (χ3n) is 5.56. The second kappa shape index (κ2) is 7.00. The van der Waals surface area contributed by atoms with Gasteiger partial charge in [0.05, 0.1) is 0 Å². The Kier molecular flexibility index (Phi) is 4.56. The van der Waals surface area contributed by atoms with Crippen molar-refractivity contribution in [3.05, 3.63) is 72.1 Å². The molecule has 3 heteroatoms. The minimum Gasteiger partial charge on any atom is -0.347 e. The molecule has 2 heterocycles. The summed E-state index contributed by atoms with van der Waals surface area (Å²) in [4.78, 5) is 0. The van der Waals surface area contributed by atoms with E-state index < -0.39 is 0 Å². The van der Waals surface area contributed by atoms with Crippen LogP contribution in [0, 0.1) is 0 Å². The van der Waals surface area contributed by atoms with Gasteiger partial charge < -0.3 is 14.9 Å². The van der Waals surface area contributed by atoms with Crippen LogP contribution in [0.2, 0.25) is 0 Å². The minimum atomic E-state index is 0.323. The standard InChI is InChI=1S/C23H27N3/c1-3-25-15-18(19-9-5-7-11-22(19)25)13-17(14-24)21-16-26(4-2)23-12-8-6-10-20(21)23/h5-12,15-17H,3-4,13-14,24H2,1-2H3. The summed E-state index contributed by atoms with van der Waals surface area (Å²) in [6, 6.07) is 17.4. The molecular formula is C23H27N3. The van der Waals surface area contributed by atoms with Gasteiger partial charge in [-0.05, 0) is 50.1 Å². The molecule has 2 aromatic heterocycles. The fraction of sp³-hybridized carbons (Fsp3) is 0.304. The molecule has 0 aliphatic heterocycles. The van der Waals surface area contributed by atoms with Crippen molar-refractivity contribution >= 4 is 21.8 Å². The second-order valence-corrected chi connectivity index (χ2v) is 6.98. The molecule has 0 spiro atoms. The van der Waals surface area contributed by atoms with Crippen molar-refractivity contribution < 1.29 is 0 Å². The van der Waals surface area contributed by atoms with Gasteiger partial charge in [0.1, 0.15) is 0 Å². The first kappa shape index (κ1) is 16.9. The average molecular weight is 345 g/mol. The average Bonchev–Trinajstić information content (AvgIpc) is 3.24. The smallest absolute Gasteiger partial charge is 0.0483 e. The zero-order chi connectivity index (χ0) is 18.1. The van der Waals surface area contributed by atoms with Crippen molar-refractivity contribution in [3.63, 3.8) is 0 Å². The zero-order valence-corrected chi connectivity index (χ0v) is 15.7. The number of nitrogens with zero attached hydrogens (tertiary/aromatic N) is 2. The van der Waals surface area contributed by atoms with Crippen LogP contribution in [-0.2, 0) is 19.5 Å². The Bertz CT molecular complexity index is 1040. The third-order valence-corrected chi connectivity index (χ3v) is 5.56. The molecule has 3 nitrogen and oxygen atoms in total. The molecule has 0 aliphatic rings. The van der Waals surface area contributed by atoms with Crippen molar-refractivity contribution in [2.24, 2.45) is 5.73 Å². The van der Waals surface area contributed by atoms with Crippen LogP contribution in [0.1, 0.15) is 30.9 Å². The molecule has 0 saturated heterocycles. The number of aromatic nitrogens is 2. The summed E-state index contributed by atoms with van der Waals surface area (Å²) in [5.41, 5.74) is 11.7. The molecule has 2 N–H and O–H groups in total. The summed E-state index contributed by atoms with van der Waals surface area (Å²) < 4.78 is 4.68. The molecule has 0 radical (unpaired) electrons. The van der Waals surface area contributed by atoms with E-state index >= 15 is 0 Å². The van der Waals surface area contributed by atoms with Gasteiger partial charge in [-0.1, -0.05) is 36.4 Å². The van der Waals surface area contributed by atoms with Gasteiger partial charge >= 0.3 is 0 Å². The summed E-state index contributed by atoms with van der Waals surface area (Å²) in [7, 11) is 0. The molecule has 1 atom stereocenters. The first-order chi connectivity index (χ1) is 12.8. The first-order valence-corrected chi connectivity index (χ1v) is 9.61. The maximum atomic E-state index is 6.26. The largest absolute Gasteiger partial charge is 0.347 e. The van der Waals surface area contributed by atoms with E-state index in [9.17, 15) is 0 Å². The van der Waals surface area contributed by atoms with Gasteiger partial charge in [-0.15, -0.1) is 0 Å². The predicted octanol–water partition coefficient (Wildman–Crippen LogP) is 4.92. The van der Waals surface area contributed by atoms with Crippen LogP contribution in [0.4, 0.5) is 0 Å². The predicted molar refractivity (Wildman–Crippen MR) is 111 cm³/mol. The van der Waals surface area contributed by atoms with Crippen molar-refractivity contribution in [1.29, 1.82) is 0 Å². The van der Waals surface area contributed by atoms with Gasteiger partial charge in [0.25, 0.3) is 0 Å². The van der Waals surface area contributed by atoms with E-state index in [0.29, 0.717) is 12.5 Å². The van der Waals surface area contributed by atoms with Crippen LogP contribution < -0.4 is 5.73 Å². The van der Waals surface area contributed by atoms with E-state index in [-0.39, 0.29) is 0 Å². The number of para-hydroxylation sites is 2. The van der Waals surface area contributed by atoms with Crippen molar-refractivity contribution in [2.75, 3.05) is 6.54 Å². The molecule has 134 valence electrons. The number of benzene rings is 2. The van der Waals surface area contributed by atoms with Crippen LogP contribution in [0.3, 0.4) is 0 Å². The van der Waals surface area contributed by atoms with Gasteiger partial charge in [0, 0.05) is 53.2 Å². The van der Waals surface area contributed by atoms with Crippen LogP contribution in [-0.4, -0.2) is 15.7 Å². The van der Waals surface area contributed by atoms with Crippen LogP contribution >= 0.6 is 0 Å². The fourth-order valence-corrected chi connectivity index (χ4v) is 4.19.